The quantitative estimate of drug-likeness (QED) is 0.753. The third-order valence-electron chi connectivity index (χ3n) is 4.15. The number of fused-ring (bicyclic) bond motifs is 1. The van der Waals surface area contributed by atoms with Gasteiger partial charge in [-0.05, 0) is 24.1 Å². The lowest BCUT2D eigenvalue weighted by molar-refractivity contribution is -0.130. The highest BCUT2D eigenvalue weighted by Crippen LogP contribution is 2.09. The van der Waals surface area contributed by atoms with Crippen molar-refractivity contribution in [3.63, 3.8) is 0 Å². The van der Waals surface area contributed by atoms with Crippen LogP contribution in [-0.2, 0) is 17.8 Å². The molecule has 0 fully saturated rings. The lowest BCUT2D eigenvalue weighted by atomic mass is 10.1. The molecule has 0 spiro atoms. The summed E-state index contributed by atoms with van der Waals surface area (Å²) in [7, 11) is 1.81. The number of carbonyl (C=O) groups excluding carboxylic acids is 1. The molecule has 0 atom stereocenters. The fourth-order valence-electron chi connectivity index (χ4n) is 2.80. The van der Waals surface area contributed by atoms with Crippen molar-refractivity contribution in [1.29, 1.82) is 0 Å². The highest BCUT2D eigenvalue weighted by atomic mass is 16.2. The zero-order chi connectivity index (χ0) is 17.6. The molecule has 1 amide bonds. The van der Waals surface area contributed by atoms with E-state index in [1.807, 2.05) is 55.6 Å². The van der Waals surface area contributed by atoms with E-state index in [-0.39, 0.29) is 11.5 Å². The molecule has 0 aliphatic heterocycles. The van der Waals surface area contributed by atoms with Crippen molar-refractivity contribution in [2.75, 3.05) is 7.05 Å². The first kappa shape index (κ1) is 16.9. The number of para-hydroxylation sites is 1. The molecule has 5 heteroatoms. The lowest BCUT2D eigenvalue weighted by Gasteiger charge is -2.17. The standard InChI is InChI=1S/C20H21N3O2/c1-23(14-15-8-3-2-4-9-15)19(24)13-7-12-18-21-17-11-6-5-10-16(17)20(25)22-18/h2-6,8-11H,7,12-14H2,1H3,(H,21,22,25). The van der Waals surface area contributed by atoms with Crippen molar-refractivity contribution in [3.05, 3.63) is 76.3 Å². The largest absolute Gasteiger partial charge is 0.341 e. The molecular weight excluding hydrogens is 314 g/mol. The zero-order valence-corrected chi connectivity index (χ0v) is 14.2. The Balaban J connectivity index is 1.55. The summed E-state index contributed by atoms with van der Waals surface area (Å²) < 4.78 is 0. The van der Waals surface area contributed by atoms with Crippen LogP contribution in [0.3, 0.4) is 0 Å². The predicted molar refractivity (Wildman–Crippen MR) is 98.2 cm³/mol. The summed E-state index contributed by atoms with van der Waals surface area (Å²) in [6.07, 6.45) is 1.66. The van der Waals surface area contributed by atoms with Gasteiger partial charge in [0.1, 0.15) is 5.82 Å². The fourth-order valence-corrected chi connectivity index (χ4v) is 2.80. The molecule has 0 unspecified atom stereocenters. The topological polar surface area (TPSA) is 66.1 Å². The first-order chi connectivity index (χ1) is 12.1. The molecule has 25 heavy (non-hydrogen) atoms. The summed E-state index contributed by atoms with van der Waals surface area (Å²) in [6, 6.07) is 17.2. The van der Waals surface area contributed by atoms with Gasteiger partial charge in [-0.15, -0.1) is 0 Å². The van der Waals surface area contributed by atoms with Gasteiger partial charge in [0.2, 0.25) is 5.91 Å². The average Bonchev–Trinajstić information content (AvgIpc) is 2.62. The molecule has 0 saturated heterocycles. The second kappa shape index (κ2) is 7.75. The number of nitrogens with one attached hydrogen (secondary N) is 1. The molecule has 1 N–H and O–H groups in total. The molecule has 2 aromatic carbocycles. The van der Waals surface area contributed by atoms with Gasteiger partial charge in [0.15, 0.2) is 0 Å². The smallest absolute Gasteiger partial charge is 0.258 e. The van der Waals surface area contributed by atoms with Gasteiger partial charge in [0, 0.05) is 26.4 Å². The Hall–Kier alpha value is -2.95. The Labute approximate surface area is 146 Å². The molecule has 0 bridgehead atoms. The van der Waals surface area contributed by atoms with E-state index in [2.05, 4.69) is 9.97 Å². The van der Waals surface area contributed by atoms with E-state index < -0.39 is 0 Å². The highest BCUT2D eigenvalue weighted by molar-refractivity contribution is 5.77. The van der Waals surface area contributed by atoms with Crippen LogP contribution < -0.4 is 5.56 Å². The van der Waals surface area contributed by atoms with Crippen molar-refractivity contribution < 1.29 is 4.79 Å². The Kier molecular flexibility index (Phi) is 5.23. The van der Waals surface area contributed by atoms with Crippen LogP contribution in [0.2, 0.25) is 0 Å². The monoisotopic (exact) mass is 335 g/mol. The first-order valence-corrected chi connectivity index (χ1v) is 8.39. The number of hydrogen-bond acceptors (Lipinski definition) is 3. The number of aromatic amines is 1. The summed E-state index contributed by atoms with van der Waals surface area (Å²) in [5.41, 5.74) is 1.67. The van der Waals surface area contributed by atoms with E-state index in [0.717, 1.165) is 5.56 Å². The Morgan fingerprint density at radius 1 is 1.08 bits per heavy atom. The first-order valence-electron chi connectivity index (χ1n) is 8.39. The Morgan fingerprint density at radius 2 is 1.80 bits per heavy atom. The van der Waals surface area contributed by atoms with Crippen LogP contribution >= 0.6 is 0 Å². The molecule has 0 aliphatic rings. The van der Waals surface area contributed by atoms with Gasteiger partial charge in [-0.2, -0.15) is 0 Å². The van der Waals surface area contributed by atoms with Crippen LogP contribution in [0, 0.1) is 0 Å². The van der Waals surface area contributed by atoms with Gasteiger partial charge in [0.25, 0.3) is 5.56 Å². The van der Waals surface area contributed by atoms with Gasteiger partial charge in [0.05, 0.1) is 10.9 Å². The van der Waals surface area contributed by atoms with Crippen LogP contribution in [0.5, 0.6) is 0 Å². The maximum Gasteiger partial charge on any atom is 0.258 e. The Morgan fingerprint density at radius 3 is 2.60 bits per heavy atom. The molecule has 3 aromatic rings. The Bertz CT molecular complexity index is 919. The van der Waals surface area contributed by atoms with Gasteiger partial charge in [-0.3, -0.25) is 9.59 Å². The summed E-state index contributed by atoms with van der Waals surface area (Å²) in [6.45, 7) is 0.602. The van der Waals surface area contributed by atoms with Gasteiger partial charge >= 0.3 is 0 Å². The molecule has 0 aliphatic carbocycles. The third kappa shape index (κ3) is 4.32. The molecule has 0 saturated carbocycles. The molecule has 0 radical (unpaired) electrons. The van der Waals surface area contributed by atoms with Crippen molar-refractivity contribution in [2.24, 2.45) is 0 Å². The number of amides is 1. The van der Waals surface area contributed by atoms with Crippen LogP contribution in [0.1, 0.15) is 24.2 Å². The van der Waals surface area contributed by atoms with Gasteiger partial charge < -0.3 is 9.88 Å². The normalized spacial score (nSPS) is 10.8. The second-order valence-electron chi connectivity index (χ2n) is 6.12. The number of rotatable bonds is 6. The second-order valence-corrected chi connectivity index (χ2v) is 6.12. The molecule has 5 nitrogen and oxygen atoms in total. The van der Waals surface area contributed by atoms with E-state index >= 15 is 0 Å². The van der Waals surface area contributed by atoms with E-state index in [0.29, 0.717) is 42.5 Å². The molecule has 1 heterocycles. The van der Waals surface area contributed by atoms with Crippen LogP contribution in [-0.4, -0.2) is 27.8 Å². The molecule has 1 aromatic heterocycles. The third-order valence-corrected chi connectivity index (χ3v) is 4.15. The summed E-state index contributed by atoms with van der Waals surface area (Å²) >= 11 is 0. The molecule has 128 valence electrons. The number of aryl methyl sites for hydroxylation is 1. The summed E-state index contributed by atoms with van der Waals surface area (Å²) in [4.78, 5) is 33.3. The number of nitrogens with zero attached hydrogens (tertiary/aromatic N) is 2. The van der Waals surface area contributed by atoms with Crippen molar-refractivity contribution >= 4 is 16.8 Å². The summed E-state index contributed by atoms with van der Waals surface area (Å²) in [5, 5.41) is 0.588. The molecule has 3 rings (SSSR count). The van der Waals surface area contributed by atoms with Crippen LogP contribution in [0.4, 0.5) is 0 Å². The minimum Gasteiger partial charge on any atom is -0.341 e. The van der Waals surface area contributed by atoms with Crippen molar-refractivity contribution in [3.8, 4) is 0 Å². The maximum atomic E-state index is 12.3. The number of aromatic nitrogens is 2. The minimum absolute atomic E-state index is 0.0898. The number of benzene rings is 2. The van der Waals surface area contributed by atoms with Gasteiger partial charge in [-0.25, -0.2) is 4.98 Å². The summed E-state index contributed by atoms with van der Waals surface area (Å²) in [5.74, 6) is 0.717. The molecular formula is C20H21N3O2. The van der Waals surface area contributed by atoms with Crippen molar-refractivity contribution in [1.82, 2.24) is 14.9 Å². The lowest BCUT2D eigenvalue weighted by Crippen LogP contribution is -2.26. The van der Waals surface area contributed by atoms with E-state index in [1.165, 1.54) is 0 Å². The minimum atomic E-state index is -0.131. The highest BCUT2D eigenvalue weighted by Gasteiger charge is 2.10. The van der Waals surface area contributed by atoms with Crippen LogP contribution in [0.25, 0.3) is 10.9 Å². The van der Waals surface area contributed by atoms with Crippen LogP contribution in [0.15, 0.2) is 59.4 Å². The van der Waals surface area contributed by atoms with E-state index in [4.69, 9.17) is 0 Å². The van der Waals surface area contributed by atoms with E-state index in [9.17, 15) is 9.59 Å². The van der Waals surface area contributed by atoms with Gasteiger partial charge in [-0.1, -0.05) is 42.5 Å². The average molecular weight is 335 g/mol. The maximum absolute atomic E-state index is 12.3. The number of carbonyl (C=O) groups is 1. The van der Waals surface area contributed by atoms with Crippen molar-refractivity contribution in [2.45, 2.75) is 25.8 Å². The number of H-pyrrole nitrogens is 1. The SMILES string of the molecule is CN(Cc1ccccc1)C(=O)CCCc1nc2ccccc2c(=O)[nH]1. The zero-order valence-electron chi connectivity index (χ0n) is 14.2. The fraction of sp³-hybridized carbons (Fsp3) is 0.250. The predicted octanol–water partition coefficient (Wildman–Crippen LogP) is 2.90. The van der Waals surface area contributed by atoms with E-state index in [1.54, 1.807) is 11.0 Å². The number of hydrogen-bond donors (Lipinski definition) is 1.